The maximum Gasteiger partial charge on any atom is 0.220 e. The zero-order chi connectivity index (χ0) is 77.8. The summed E-state index contributed by atoms with van der Waals surface area (Å²) in [5, 5.41) is 17.6. The minimum Gasteiger partial charge on any atom is -0.200 e. The van der Waals surface area contributed by atoms with Crippen molar-refractivity contribution in [2.24, 2.45) is 28.2 Å². The fourth-order valence-corrected chi connectivity index (χ4v) is 32.4. The minimum atomic E-state index is -1.37. The second-order valence-electron chi connectivity index (χ2n) is 36.4. The fourth-order valence-electron chi connectivity index (χ4n) is 19.0. The average molecular weight is 1510 g/mol. The van der Waals surface area contributed by atoms with Crippen LogP contribution in [0.5, 0.6) is 0 Å². The van der Waals surface area contributed by atoms with Crippen molar-refractivity contribution in [3.8, 4) is 45.0 Å². The molecule has 109 heavy (non-hydrogen) atoms. The highest BCUT2D eigenvalue weighted by Gasteiger charge is 2.41. The second-order valence-corrected chi connectivity index (χ2v) is 55.8. The van der Waals surface area contributed by atoms with Crippen molar-refractivity contribution < 1.29 is 18.3 Å². The molecule has 4 aliphatic carbocycles. The summed E-state index contributed by atoms with van der Waals surface area (Å²) < 4.78 is 9.17. The van der Waals surface area contributed by atoms with Crippen molar-refractivity contribution in [1.29, 1.82) is 0 Å². The van der Waals surface area contributed by atoms with Gasteiger partial charge in [-0.15, -0.1) is 0 Å². The summed E-state index contributed by atoms with van der Waals surface area (Å²) in [4.78, 5) is 0. The SMILES string of the molecule is CCc1cc(CC)c(C)c(-c2c3ccc([Si](C)(C)C4CCC4)cc3cc[n+]2C)c1.CCc1ccc(C)c(-c2c3ccc([Si](C)(C)C4CCC4)cc3cc[n+]2C)c1.Cc1cc(C)c(C)c(-c2c3ccc([Si](C)(C)C4CCC4)cc3cc[n+]2C)c1.Cc1ccc(C)c(-c2c3ccc([Si](C)(C)C4CCC4)cc3cc[n+]2C)c1. The molecule has 0 N–H and O–H groups in total. The molecule has 0 spiro atoms. The molecule has 4 saturated carbocycles. The van der Waals surface area contributed by atoms with Crippen molar-refractivity contribution in [2.45, 2.75) is 240 Å². The highest BCUT2D eigenvalue weighted by atomic mass is 28.3. The van der Waals surface area contributed by atoms with Crippen LogP contribution in [0.2, 0.25) is 74.5 Å². The monoisotopic (exact) mass is 1510 g/mol. The van der Waals surface area contributed by atoms with Crippen molar-refractivity contribution in [3.05, 3.63) is 238 Å². The van der Waals surface area contributed by atoms with Crippen LogP contribution in [0.15, 0.2) is 183 Å². The molecule has 0 amide bonds. The number of aryl methyl sites for hydroxylation is 12. The van der Waals surface area contributed by atoms with E-state index in [2.05, 4.69) is 351 Å². The lowest BCUT2D eigenvalue weighted by Crippen LogP contribution is -2.48. The van der Waals surface area contributed by atoms with Gasteiger partial charge in [-0.25, -0.2) is 18.3 Å². The molecule has 8 aromatic carbocycles. The van der Waals surface area contributed by atoms with E-state index in [1.54, 1.807) is 20.7 Å². The number of aromatic nitrogens is 4. The second kappa shape index (κ2) is 32.2. The third-order valence-corrected chi connectivity index (χ3v) is 46.0. The van der Waals surface area contributed by atoms with Crippen LogP contribution in [0.3, 0.4) is 0 Å². The molecule has 0 unspecified atom stereocenters. The van der Waals surface area contributed by atoms with Crippen molar-refractivity contribution in [2.75, 3.05) is 0 Å². The van der Waals surface area contributed by atoms with E-state index >= 15 is 0 Å². The predicted octanol–water partition coefficient (Wildman–Crippen LogP) is 23.0. The van der Waals surface area contributed by atoms with Gasteiger partial charge >= 0.3 is 0 Å². The van der Waals surface area contributed by atoms with Crippen LogP contribution in [-0.2, 0) is 47.5 Å². The Kier molecular flexibility index (Phi) is 23.4. The van der Waals surface area contributed by atoms with Gasteiger partial charge in [0.05, 0.1) is 65.0 Å². The summed E-state index contributed by atoms with van der Waals surface area (Å²) >= 11 is 0. The quantitative estimate of drug-likeness (QED) is 0.0718. The lowest BCUT2D eigenvalue weighted by molar-refractivity contribution is -0.659. The highest BCUT2D eigenvalue weighted by molar-refractivity contribution is 6.92. The molecular formula is C101H130N4Si4+4. The van der Waals surface area contributed by atoms with Gasteiger partial charge in [0.2, 0.25) is 22.8 Å². The molecule has 0 atom stereocenters. The first-order valence-corrected chi connectivity index (χ1v) is 54.4. The molecule has 4 aromatic heterocycles. The first-order chi connectivity index (χ1) is 51.9. The molecule has 4 heterocycles. The van der Waals surface area contributed by atoms with Gasteiger partial charge in [0.1, 0.15) is 28.2 Å². The minimum absolute atomic E-state index is 0.967. The van der Waals surface area contributed by atoms with Gasteiger partial charge < -0.3 is 0 Å². The molecule has 8 heteroatoms. The summed E-state index contributed by atoms with van der Waals surface area (Å²) in [5.74, 6) is 0. The summed E-state index contributed by atoms with van der Waals surface area (Å²) in [6.07, 6.45) is 29.4. The third-order valence-electron chi connectivity index (χ3n) is 28.3. The molecule has 0 radical (unpaired) electrons. The average Bonchev–Trinajstić information content (AvgIpc) is 0.767. The lowest BCUT2D eigenvalue weighted by Gasteiger charge is -2.39. The van der Waals surface area contributed by atoms with Gasteiger partial charge in [0.25, 0.3) is 0 Å². The molecule has 4 fully saturated rings. The van der Waals surface area contributed by atoms with Gasteiger partial charge in [0.15, 0.2) is 24.8 Å². The van der Waals surface area contributed by atoms with Crippen LogP contribution < -0.4 is 39.0 Å². The predicted molar refractivity (Wildman–Crippen MR) is 482 cm³/mol. The Hall–Kier alpha value is -7.73. The van der Waals surface area contributed by atoms with Crippen LogP contribution in [0.1, 0.15) is 153 Å². The number of hydrogen-bond acceptors (Lipinski definition) is 0. The van der Waals surface area contributed by atoms with E-state index in [1.807, 2.05) is 0 Å². The standard InChI is InChI=1S/C27H36NSi.2C25H32NSi.C24H30NSi/c1-7-20-16-21(8-2)19(3)26(17-20)27-25-13-12-24(18-22(25)14-15-28(27)4)29(5,6)23-10-9-11-23;1-17-14-18(2)19(3)24(15-17)25-23-11-10-22(16-20(23)12-13-26(25)4)27(5,6)21-8-7-9-21;1-6-19-11-10-18(2)24(16-19)25-23-13-12-22(17-20(23)14-15-26(25)3)27(4,5)21-8-7-9-21;1-17-9-10-18(2)23(15-17)24-22-12-11-21(16-19(22)13-14-25(24)3)26(4,5)20-7-6-8-20/h12-18,23H,7-11H2,1-6H3;10-16,21H,7-9H2,1-6H3;10-17,21H,6-9H2,1-5H3;9-16,20H,6-8H2,1-5H3/q4*+1. The topological polar surface area (TPSA) is 15.5 Å². The lowest BCUT2D eigenvalue weighted by atomic mass is 9.92. The van der Waals surface area contributed by atoms with E-state index < -0.39 is 32.3 Å². The van der Waals surface area contributed by atoms with Crippen molar-refractivity contribution in [1.82, 2.24) is 0 Å². The van der Waals surface area contributed by atoms with Gasteiger partial charge in [0, 0.05) is 35.4 Å². The number of fused-ring (bicyclic) bond motifs is 4. The largest absolute Gasteiger partial charge is 0.220 e. The Morgan fingerprint density at radius 2 is 0.596 bits per heavy atom. The van der Waals surface area contributed by atoms with Gasteiger partial charge in [-0.2, -0.15) is 0 Å². The Labute approximate surface area is 661 Å². The maximum absolute atomic E-state index is 2.57. The molecule has 4 nitrogen and oxygen atoms in total. The van der Waals surface area contributed by atoms with Crippen molar-refractivity contribution in [3.63, 3.8) is 0 Å². The number of rotatable bonds is 15. The molecule has 4 aliphatic rings. The van der Waals surface area contributed by atoms with Crippen LogP contribution in [0, 0.1) is 48.5 Å². The van der Waals surface area contributed by atoms with E-state index in [9.17, 15) is 0 Å². The van der Waals surface area contributed by atoms with E-state index in [4.69, 9.17) is 0 Å². The van der Waals surface area contributed by atoms with E-state index in [0.717, 1.165) is 41.4 Å². The first-order valence-electron chi connectivity index (χ1n) is 42.0. The molecule has 0 saturated heterocycles. The van der Waals surface area contributed by atoms with E-state index in [1.165, 1.54) is 221 Å². The third kappa shape index (κ3) is 15.7. The van der Waals surface area contributed by atoms with E-state index in [0.29, 0.717) is 0 Å². The smallest absolute Gasteiger partial charge is 0.200 e. The van der Waals surface area contributed by atoms with Crippen LogP contribution in [-0.4, -0.2) is 32.3 Å². The van der Waals surface area contributed by atoms with Crippen LogP contribution >= 0.6 is 0 Å². The Balaban J connectivity index is 0.000000128. The molecule has 0 aliphatic heterocycles. The summed E-state index contributed by atoms with van der Waals surface area (Å²) in [5.41, 5.74) is 28.6. The number of nitrogens with zero attached hydrogens (tertiary/aromatic N) is 4. The van der Waals surface area contributed by atoms with Crippen molar-refractivity contribution >= 4 is 96.1 Å². The van der Waals surface area contributed by atoms with Crippen LogP contribution in [0.4, 0.5) is 0 Å². The van der Waals surface area contributed by atoms with E-state index in [-0.39, 0.29) is 0 Å². The summed E-state index contributed by atoms with van der Waals surface area (Å²) in [6, 6.07) is 61.7. The molecular weight excluding hydrogens is 1380 g/mol. The van der Waals surface area contributed by atoms with Gasteiger partial charge in [-0.3, -0.25) is 0 Å². The number of benzene rings is 8. The summed E-state index contributed by atoms with van der Waals surface area (Å²) in [7, 11) is 3.27. The summed E-state index contributed by atoms with van der Waals surface area (Å²) in [6.45, 7) is 42.9. The maximum atomic E-state index is 2.57. The molecule has 12 aromatic rings. The first kappa shape index (κ1) is 79.4. The Bertz CT molecular complexity index is 5410. The molecule has 0 bridgehead atoms. The van der Waals surface area contributed by atoms with Crippen LogP contribution in [0.25, 0.3) is 88.1 Å². The number of hydrogen-bond donors (Lipinski definition) is 0. The molecule has 566 valence electrons. The zero-order valence-electron chi connectivity index (χ0n) is 71.0. The Morgan fingerprint density at radius 3 is 0.927 bits per heavy atom. The normalized spacial score (nSPS) is 15.1. The van der Waals surface area contributed by atoms with Gasteiger partial charge in [-0.05, 0) is 204 Å². The molecule has 16 rings (SSSR count). The highest BCUT2D eigenvalue weighted by Crippen LogP contribution is 2.46. The number of pyridine rings is 4. The van der Waals surface area contributed by atoms with Gasteiger partial charge in [-0.1, -0.05) is 267 Å². The fraction of sp³-hybridized carbons (Fsp3) is 0.406. The Morgan fingerprint density at radius 1 is 0.284 bits per heavy atom. The zero-order valence-corrected chi connectivity index (χ0v) is 75.0.